The number of amides is 3. The van der Waals surface area contributed by atoms with E-state index in [4.69, 9.17) is 4.42 Å². The predicted molar refractivity (Wildman–Crippen MR) is 128 cm³/mol. The van der Waals surface area contributed by atoms with Gasteiger partial charge in [0.15, 0.2) is 0 Å². The smallest absolute Gasteiger partial charge is 0.313 e. The van der Waals surface area contributed by atoms with Crippen LogP contribution in [-0.4, -0.2) is 17.7 Å². The molecule has 0 aliphatic carbocycles. The number of hydrogen-bond donors (Lipinski definition) is 3. The van der Waals surface area contributed by atoms with Gasteiger partial charge >= 0.3 is 11.8 Å². The second kappa shape index (κ2) is 10.8. The highest BCUT2D eigenvalue weighted by molar-refractivity contribution is 6.39. The van der Waals surface area contributed by atoms with Crippen molar-refractivity contribution in [3.8, 4) is 6.07 Å². The second-order valence-electron chi connectivity index (χ2n) is 7.73. The molecule has 34 heavy (non-hydrogen) atoms. The number of nitrogens with one attached hydrogen (secondary N) is 3. The summed E-state index contributed by atoms with van der Waals surface area (Å²) in [6, 6.07) is 17.5. The van der Waals surface area contributed by atoms with Crippen molar-refractivity contribution in [3.05, 3.63) is 88.4 Å². The lowest BCUT2D eigenvalue weighted by molar-refractivity contribution is -0.136. The first-order valence-corrected chi connectivity index (χ1v) is 10.5. The van der Waals surface area contributed by atoms with Gasteiger partial charge in [0.25, 0.3) is 5.91 Å². The van der Waals surface area contributed by atoms with Crippen LogP contribution in [0.2, 0.25) is 0 Å². The van der Waals surface area contributed by atoms with E-state index in [0.29, 0.717) is 17.1 Å². The number of nitriles is 1. The Balaban J connectivity index is 1.56. The maximum Gasteiger partial charge on any atom is 0.313 e. The van der Waals surface area contributed by atoms with E-state index < -0.39 is 17.7 Å². The lowest BCUT2D eigenvalue weighted by Crippen LogP contribution is -2.34. The molecule has 0 spiro atoms. The second-order valence-corrected chi connectivity index (χ2v) is 7.73. The zero-order valence-electron chi connectivity index (χ0n) is 19.1. The summed E-state index contributed by atoms with van der Waals surface area (Å²) in [6.07, 6.45) is 1.31. The molecule has 8 nitrogen and oxygen atoms in total. The highest BCUT2D eigenvalue weighted by atomic mass is 16.3. The Hall–Kier alpha value is -4.64. The van der Waals surface area contributed by atoms with Gasteiger partial charge in [0, 0.05) is 17.5 Å². The fraction of sp³-hybridized carbons (Fsp3) is 0.154. The first kappa shape index (κ1) is 24.0. The van der Waals surface area contributed by atoms with E-state index >= 15 is 0 Å². The number of nitrogens with zero attached hydrogens (tertiary/aromatic N) is 1. The zero-order valence-corrected chi connectivity index (χ0v) is 19.1. The number of carbonyl (C=O) groups is 3. The zero-order chi connectivity index (χ0) is 24.7. The molecule has 0 atom stereocenters. The quantitative estimate of drug-likeness (QED) is 0.294. The first-order valence-electron chi connectivity index (χ1n) is 10.5. The Labute approximate surface area is 197 Å². The minimum atomic E-state index is -0.818. The topological polar surface area (TPSA) is 124 Å². The highest BCUT2D eigenvalue weighted by Crippen LogP contribution is 2.16. The SMILES string of the molecule is Cc1ccc(NC(=O)/C(C#N)=C\c2ccc(CNC(=O)C(=O)Nc3ccc(C)c(C)c3)o2)cc1. The number of rotatable bonds is 6. The van der Waals surface area contributed by atoms with Crippen molar-refractivity contribution >= 4 is 35.2 Å². The van der Waals surface area contributed by atoms with Crippen LogP contribution in [-0.2, 0) is 20.9 Å². The Morgan fingerprint density at radius 2 is 1.53 bits per heavy atom. The Kier molecular flexibility index (Phi) is 7.62. The van der Waals surface area contributed by atoms with Crippen molar-refractivity contribution in [3.63, 3.8) is 0 Å². The molecular formula is C26H24N4O4. The molecule has 0 unspecified atom stereocenters. The number of hydrogen-bond acceptors (Lipinski definition) is 5. The molecule has 8 heteroatoms. The maximum absolute atomic E-state index is 12.4. The molecule has 3 N–H and O–H groups in total. The Morgan fingerprint density at radius 1 is 0.853 bits per heavy atom. The average Bonchev–Trinajstić information content (AvgIpc) is 3.27. The minimum Gasteiger partial charge on any atom is -0.460 e. The van der Waals surface area contributed by atoms with E-state index in [1.54, 1.807) is 36.4 Å². The minimum absolute atomic E-state index is 0.0372. The summed E-state index contributed by atoms with van der Waals surface area (Å²) < 4.78 is 5.56. The third kappa shape index (κ3) is 6.43. The summed E-state index contributed by atoms with van der Waals surface area (Å²) in [5, 5.41) is 17.0. The Morgan fingerprint density at radius 3 is 2.21 bits per heavy atom. The van der Waals surface area contributed by atoms with Crippen LogP contribution in [0.4, 0.5) is 11.4 Å². The maximum atomic E-state index is 12.4. The number of carbonyl (C=O) groups excluding carboxylic acids is 3. The molecule has 0 saturated heterocycles. The van der Waals surface area contributed by atoms with Gasteiger partial charge in [0.1, 0.15) is 23.2 Å². The van der Waals surface area contributed by atoms with Gasteiger partial charge in [0.05, 0.1) is 6.54 Å². The van der Waals surface area contributed by atoms with E-state index in [0.717, 1.165) is 16.7 Å². The standard InChI is InChI=1S/C26H24N4O4/c1-16-4-7-20(8-5-16)29-24(31)19(14-27)13-22-10-11-23(34-22)15-28-25(32)26(33)30-21-9-6-17(2)18(3)12-21/h4-13H,15H2,1-3H3,(H,28,32)(H,29,31)(H,30,33)/b19-13-. The van der Waals surface area contributed by atoms with Crippen LogP contribution >= 0.6 is 0 Å². The summed E-state index contributed by atoms with van der Waals surface area (Å²) >= 11 is 0. The molecule has 1 aromatic heterocycles. The molecule has 3 aromatic rings. The van der Waals surface area contributed by atoms with E-state index in [9.17, 15) is 19.6 Å². The summed E-state index contributed by atoms with van der Waals surface area (Å²) in [5.74, 6) is -1.56. The van der Waals surface area contributed by atoms with Crippen LogP contribution in [0.1, 0.15) is 28.2 Å². The molecule has 0 saturated carbocycles. The van der Waals surface area contributed by atoms with Gasteiger partial charge in [-0.25, -0.2) is 0 Å². The average molecular weight is 457 g/mol. The summed E-state index contributed by atoms with van der Waals surface area (Å²) in [4.78, 5) is 36.6. The van der Waals surface area contributed by atoms with Gasteiger partial charge < -0.3 is 20.4 Å². The van der Waals surface area contributed by atoms with Gasteiger partial charge in [-0.05, 0) is 68.3 Å². The fourth-order valence-corrected chi connectivity index (χ4v) is 2.95. The molecule has 3 amide bonds. The van der Waals surface area contributed by atoms with Gasteiger partial charge in [-0.15, -0.1) is 0 Å². The van der Waals surface area contributed by atoms with Crippen molar-refractivity contribution in [2.45, 2.75) is 27.3 Å². The molecule has 0 fully saturated rings. The molecule has 2 aromatic carbocycles. The van der Waals surface area contributed by atoms with Crippen LogP contribution in [0.3, 0.4) is 0 Å². The molecule has 0 radical (unpaired) electrons. The summed E-state index contributed by atoms with van der Waals surface area (Å²) in [7, 11) is 0. The molecule has 1 heterocycles. The van der Waals surface area contributed by atoms with Crippen LogP contribution in [0.25, 0.3) is 6.08 Å². The molecule has 172 valence electrons. The van der Waals surface area contributed by atoms with E-state index in [-0.39, 0.29) is 17.9 Å². The van der Waals surface area contributed by atoms with Crippen molar-refractivity contribution in [2.24, 2.45) is 0 Å². The third-order valence-electron chi connectivity index (χ3n) is 5.04. The van der Waals surface area contributed by atoms with Crippen LogP contribution in [0.5, 0.6) is 0 Å². The molecule has 0 bridgehead atoms. The lowest BCUT2D eigenvalue weighted by Gasteiger charge is -2.07. The van der Waals surface area contributed by atoms with E-state index in [1.165, 1.54) is 6.08 Å². The molecule has 0 aliphatic heterocycles. The monoisotopic (exact) mass is 456 g/mol. The van der Waals surface area contributed by atoms with Crippen molar-refractivity contribution in [2.75, 3.05) is 10.6 Å². The number of benzene rings is 2. The normalized spacial score (nSPS) is 10.8. The fourth-order valence-electron chi connectivity index (χ4n) is 2.95. The third-order valence-corrected chi connectivity index (χ3v) is 5.04. The number of anilines is 2. The van der Waals surface area contributed by atoms with Crippen molar-refractivity contribution in [1.29, 1.82) is 5.26 Å². The molecular weight excluding hydrogens is 432 g/mol. The molecule has 0 aliphatic rings. The van der Waals surface area contributed by atoms with Gasteiger partial charge in [-0.1, -0.05) is 23.8 Å². The first-order chi connectivity index (χ1) is 16.2. The summed E-state index contributed by atoms with van der Waals surface area (Å²) in [5.41, 5.74) is 4.08. The van der Waals surface area contributed by atoms with Crippen LogP contribution < -0.4 is 16.0 Å². The van der Waals surface area contributed by atoms with Gasteiger partial charge in [-0.3, -0.25) is 14.4 Å². The number of furan rings is 1. The van der Waals surface area contributed by atoms with E-state index in [2.05, 4.69) is 16.0 Å². The predicted octanol–water partition coefficient (Wildman–Crippen LogP) is 4.01. The largest absolute Gasteiger partial charge is 0.460 e. The van der Waals surface area contributed by atoms with Gasteiger partial charge in [-0.2, -0.15) is 5.26 Å². The summed E-state index contributed by atoms with van der Waals surface area (Å²) in [6.45, 7) is 5.76. The van der Waals surface area contributed by atoms with E-state index in [1.807, 2.05) is 45.0 Å². The Bertz CT molecular complexity index is 1300. The van der Waals surface area contributed by atoms with Crippen molar-refractivity contribution in [1.82, 2.24) is 5.32 Å². The highest BCUT2D eigenvalue weighted by Gasteiger charge is 2.15. The van der Waals surface area contributed by atoms with Crippen LogP contribution in [0.15, 0.2) is 64.6 Å². The van der Waals surface area contributed by atoms with Crippen LogP contribution in [0, 0.1) is 32.1 Å². The van der Waals surface area contributed by atoms with Crippen molar-refractivity contribution < 1.29 is 18.8 Å². The van der Waals surface area contributed by atoms with Gasteiger partial charge in [0.2, 0.25) is 0 Å². The molecule has 3 rings (SSSR count). The lowest BCUT2D eigenvalue weighted by atomic mass is 10.1. The number of aryl methyl sites for hydroxylation is 3.